The summed E-state index contributed by atoms with van der Waals surface area (Å²) in [6, 6.07) is 12.4. The number of ketones is 1. The van der Waals surface area contributed by atoms with Gasteiger partial charge in [-0.3, -0.25) is 4.79 Å². The molecule has 1 aliphatic heterocycles. The molecule has 1 aliphatic rings. The maximum atomic E-state index is 12.8. The van der Waals surface area contributed by atoms with Crippen LogP contribution in [0.4, 0.5) is 0 Å². The highest BCUT2D eigenvalue weighted by molar-refractivity contribution is 6.35. The minimum absolute atomic E-state index is 0.0901. The number of halogens is 2. The lowest BCUT2D eigenvalue weighted by molar-refractivity contribution is 0.0733. The number of ether oxygens (including phenoxy) is 5. The zero-order chi connectivity index (χ0) is 24.4. The van der Waals surface area contributed by atoms with Crippen LogP contribution in [0, 0.1) is 0 Å². The number of carbonyl (C=O) groups is 2. The second-order valence-electron chi connectivity index (χ2n) is 7.07. The van der Waals surface area contributed by atoms with Gasteiger partial charge in [0.1, 0.15) is 11.5 Å². The largest absolute Gasteiger partial charge is 0.493 e. The van der Waals surface area contributed by atoms with Crippen LogP contribution in [0.5, 0.6) is 28.7 Å². The summed E-state index contributed by atoms with van der Waals surface area (Å²) in [5, 5.41) is 0.861. The molecule has 0 N–H and O–H groups in total. The molecule has 0 unspecified atom stereocenters. The maximum absolute atomic E-state index is 12.8. The van der Waals surface area contributed by atoms with Gasteiger partial charge in [-0.2, -0.15) is 0 Å². The van der Waals surface area contributed by atoms with Crippen molar-refractivity contribution in [3.05, 3.63) is 81.0 Å². The van der Waals surface area contributed by atoms with Crippen LogP contribution in [0.2, 0.25) is 10.0 Å². The third-order valence-corrected chi connectivity index (χ3v) is 5.56. The topological polar surface area (TPSA) is 80.3 Å². The standard InChI is InChI=1S/C25H18Cl2O7/c1-30-21-9-14(10-22(31-2)24(21)32-3)25(29)33-16-6-7-17-19(12-16)34-20(23(17)28)8-13-4-5-15(26)11-18(13)27/h4-12H,1-3H3. The first kappa shape index (κ1) is 23.5. The average Bonchev–Trinajstić information content (AvgIpc) is 3.14. The van der Waals surface area contributed by atoms with Crippen LogP contribution >= 0.6 is 23.2 Å². The molecule has 9 heteroatoms. The minimum Gasteiger partial charge on any atom is -0.493 e. The number of benzene rings is 3. The first-order valence-electron chi connectivity index (χ1n) is 9.90. The van der Waals surface area contributed by atoms with Crippen LogP contribution in [-0.2, 0) is 0 Å². The van der Waals surface area contributed by atoms with Gasteiger partial charge in [0, 0.05) is 16.1 Å². The highest BCUT2D eigenvalue weighted by Gasteiger charge is 2.28. The first-order chi connectivity index (χ1) is 16.3. The number of carbonyl (C=O) groups excluding carboxylic acids is 2. The Morgan fingerprint density at radius 1 is 0.912 bits per heavy atom. The van der Waals surface area contributed by atoms with Crippen molar-refractivity contribution in [2.45, 2.75) is 0 Å². The summed E-state index contributed by atoms with van der Waals surface area (Å²) < 4.78 is 27.0. The lowest BCUT2D eigenvalue weighted by Crippen LogP contribution is -2.09. The smallest absolute Gasteiger partial charge is 0.343 e. The van der Waals surface area contributed by atoms with Crippen molar-refractivity contribution in [3.63, 3.8) is 0 Å². The predicted molar refractivity (Wildman–Crippen MR) is 127 cm³/mol. The molecule has 0 saturated heterocycles. The van der Waals surface area contributed by atoms with Gasteiger partial charge in [-0.25, -0.2) is 4.79 Å². The van der Waals surface area contributed by atoms with Gasteiger partial charge in [-0.15, -0.1) is 0 Å². The Bertz CT molecular complexity index is 1310. The molecular weight excluding hydrogens is 483 g/mol. The number of rotatable bonds is 6. The predicted octanol–water partition coefficient (Wildman–Crippen LogP) is 5.85. The van der Waals surface area contributed by atoms with Gasteiger partial charge in [0.15, 0.2) is 17.3 Å². The normalized spacial score (nSPS) is 13.3. The average molecular weight is 501 g/mol. The molecule has 34 heavy (non-hydrogen) atoms. The number of esters is 1. The molecule has 4 rings (SSSR count). The molecule has 7 nitrogen and oxygen atoms in total. The molecule has 0 aromatic heterocycles. The highest BCUT2D eigenvalue weighted by Crippen LogP contribution is 2.39. The third kappa shape index (κ3) is 4.53. The summed E-state index contributed by atoms with van der Waals surface area (Å²) >= 11 is 12.1. The molecule has 0 spiro atoms. The van der Waals surface area contributed by atoms with Gasteiger partial charge in [-0.1, -0.05) is 29.3 Å². The van der Waals surface area contributed by atoms with Crippen LogP contribution in [0.25, 0.3) is 6.08 Å². The molecule has 0 radical (unpaired) electrons. The number of Topliss-reactive ketones (excluding diaryl/α,β-unsaturated/α-hetero) is 1. The molecule has 174 valence electrons. The fraction of sp³-hybridized carbons (Fsp3) is 0.120. The van der Waals surface area contributed by atoms with Gasteiger partial charge in [0.2, 0.25) is 11.5 Å². The summed E-state index contributed by atoms with van der Waals surface area (Å²) in [5.74, 6) is 0.543. The van der Waals surface area contributed by atoms with Crippen molar-refractivity contribution in [3.8, 4) is 28.7 Å². The summed E-state index contributed by atoms with van der Waals surface area (Å²) in [4.78, 5) is 25.5. The number of fused-ring (bicyclic) bond motifs is 1. The van der Waals surface area contributed by atoms with Crippen molar-refractivity contribution in [2.75, 3.05) is 21.3 Å². The van der Waals surface area contributed by atoms with E-state index in [1.165, 1.54) is 57.7 Å². The molecular formula is C25H18Cl2O7. The molecule has 0 atom stereocenters. The van der Waals surface area contributed by atoms with Crippen molar-refractivity contribution in [2.24, 2.45) is 0 Å². The molecule has 3 aromatic rings. The summed E-state index contributed by atoms with van der Waals surface area (Å²) in [6.07, 6.45) is 1.53. The highest BCUT2D eigenvalue weighted by atomic mass is 35.5. The van der Waals surface area contributed by atoms with Crippen LogP contribution < -0.4 is 23.7 Å². The Balaban J connectivity index is 1.57. The fourth-order valence-corrected chi connectivity index (χ4v) is 3.82. The van der Waals surface area contributed by atoms with Crippen molar-refractivity contribution in [1.82, 2.24) is 0 Å². The number of methoxy groups -OCH3 is 3. The van der Waals surface area contributed by atoms with Gasteiger partial charge in [-0.05, 0) is 48.0 Å². The molecule has 0 bridgehead atoms. The molecule has 0 amide bonds. The zero-order valence-electron chi connectivity index (χ0n) is 18.3. The van der Waals surface area contributed by atoms with E-state index in [0.717, 1.165) is 0 Å². The summed E-state index contributed by atoms with van der Waals surface area (Å²) in [5.41, 5.74) is 1.10. The van der Waals surface area contributed by atoms with E-state index in [9.17, 15) is 9.59 Å². The Morgan fingerprint density at radius 3 is 2.24 bits per heavy atom. The van der Waals surface area contributed by atoms with E-state index >= 15 is 0 Å². The Labute approximate surface area is 205 Å². The van der Waals surface area contributed by atoms with Crippen LogP contribution in [0.1, 0.15) is 26.3 Å². The van der Waals surface area contributed by atoms with Gasteiger partial charge >= 0.3 is 5.97 Å². The van der Waals surface area contributed by atoms with Crippen molar-refractivity contribution < 1.29 is 33.3 Å². The van der Waals surface area contributed by atoms with E-state index < -0.39 is 5.97 Å². The van der Waals surface area contributed by atoms with Crippen LogP contribution in [0.15, 0.2) is 54.3 Å². The second-order valence-corrected chi connectivity index (χ2v) is 7.91. The number of allylic oxidation sites excluding steroid dienone is 1. The molecule has 0 saturated carbocycles. The quantitative estimate of drug-likeness (QED) is 0.238. The van der Waals surface area contributed by atoms with E-state index in [0.29, 0.717) is 38.4 Å². The first-order valence-corrected chi connectivity index (χ1v) is 10.7. The molecule has 3 aromatic carbocycles. The Morgan fingerprint density at radius 2 is 1.62 bits per heavy atom. The Hall–Kier alpha value is -3.68. The van der Waals surface area contributed by atoms with Crippen molar-refractivity contribution >= 4 is 41.0 Å². The maximum Gasteiger partial charge on any atom is 0.343 e. The lowest BCUT2D eigenvalue weighted by Gasteiger charge is -2.13. The van der Waals surface area contributed by atoms with Crippen LogP contribution in [0.3, 0.4) is 0 Å². The Kier molecular flexibility index (Phi) is 6.68. The number of hydrogen-bond donors (Lipinski definition) is 0. The fourth-order valence-electron chi connectivity index (χ4n) is 3.36. The summed E-state index contributed by atoms with van der Waals surface area (Å²) in [7, 11) is 4.36. The zero-order valence-corrected chi connectivity index (χ0v) is 19.8. The monoisotopic (exact) mass is 500 g/mol. The minimum atomic E-state index is -0.660. The van der Waals surface area contributed by atoms with Crippen LogP contribution in [-0.4, -0.2) is 33.1 Å². The third-order valence-electron chi connectivity index (χ3n) is 5.00. The van der Waals surface area contributed by atoms with Gasteiger partial charge < -0.3 is 23.7 Å². The second kappa shape index (κ2) is 9.67. The molecule has 0 aliphatic carbocycles. The lowest BCUT2D eigenvalue weighted by atomic mass is 10.1. The van der Waals surface area contributed by atoms with E-state index in [1.807, 2.05) is 0 Å². The van der Waals surface area contributed by atoms with E-state index in [4.69, 9.17) is 46.9 Å². The number of hydrogen-bond acceptors (Lipinski definition) is 7. The van der Waals surface area contributed by atoms with Crippen molar-refractivity contribution in [1.29, 1.82) is 0 Å². The summed E-state index contributed by atoms with van der Waals surface area (Å²) in [6.45, 7) is 0. The molecule has 0 fully saturated rings. The SMILES string of the molecule is COc1cc(C(=O)Oc2ccc3c(c2)OC(=Cc2ccc(Cl)cc2Cl)C3=O)cc(OC)c1OC. The molecule has 1 heterocycles. The van der Waals surface area contributed by atoms with Gasteiger partial charge in [0.05, 0.1) is 32.5 Å². The van der Waals surface area contributed by atoms with E-state index in [2.05, 4.69) is 0 Å². The van der Waals surface area contributed by atoms with E-state index in [-0.39, 0.29) is 28.6 Å². The van der Waals surface area contributed by atoms with E-state index in [1.54, 1.807) is 18.2 Å². The van der Waals surface area contributed by atoms with Gasteiger partial charge in [0.25, 0.3) is 0 Å².